The zero-order chi connectivity index (χ0) is 15.3. The third-order valence-corrected chi connectivity index (χ3v) is 5.64. The smallest absolute Gasteiger partial charge is 0.157 e. The summed E-state index contributed by atoms with van der Waals surface area (Å²) in [6, 6.07) is 10.6. The van der Waals surface area contributed by atoms with Crippen molar-refractivity contribution in [2.45, 2.75) is 38.1 Å². The van der Waals surface area contributed by atoms with Gasteiger partial charge >= 0.3 is 0 Å². The number of benzene rings is 1. The van der Waals surface area contributed by atoms with Gasteiger partial charge in [-0.15, -0.1) is 24.8 Å². The summed E-state index contributed by atoms with van der Waals surface area (Å²) < 4.78 is 0. The number of hydrogen-bond donors (Lipinski definition) is 1. The summed E-state index contributed by atoms with van der Waals surface area (Å²) >= 11 is 1.88. The highest BCUT2D eigenvalue weighted by Crippen LogP contribution is 2.27. The van der Waals surface area contributed by atoms with Crippen LogP contribution in [0, 0.1) is 0 Å². The van der Waals surface area contributed by atoms with Gasteiger partial charge in [0, 0.05) is 5.75 Å². The second-order valence-corrected chi connectivity index (χ2v) is 7.63. The van der Waals surface area contributed by atoms with Crippen LogP contribution in [0.5, 0.6) is 0 Å². The van der Waals surface area contributed by atoms with Crippen molar-refractivity contribution < 1.29 is 0 Å². The number of hydrogen-bond acceptors (Lipinski definition) is 4. The number of nitrogens with zero attached hydrogens (tertiary/aromatic N) is 2. The maximum atomic E-state index is 4.70. The zero-order valence-corrected chi connectivity index (χ0v) is 16.8. The van der Waals surface area contributed by atoms with Gasteiger partial charge in [-0.05, 0) is 57.8 Å². The van der Waals surface area contributed by atoms with E-state index in [4.69, 9.17) is 4.99 Å². The van der Waals surface area contributed by atoms with E-state index in [0.717, 1.165) is 11.7 Å². The molecular weight excluding hydrogens is 361 g/mol. The molecule has 24 heavy (non-hydrogen) atoms. The van der Waals surface area contributed by atoms with Gasteiger partial charge in [-0.3, -0.25) is 4.99 Å². The number of amidine groups is 1. The first-order chi connectivity index (χ1) is 10.8. The summed E-state index contributed by atoms with van der Waals surface area (Å²) in [6.45, 7) is 7.00. The number of likely N-dealkylation sites (tertiary alicyclic amines) is 1. The Morgan fingerprint density at radius 1 is 1.12 bits per heavy atom. The van der Waals surface area contributed by atoms with Crippen LogP contribution < -0.4 is 5.32 Å². The molecule has 1 N–H and O–H groups in total. The fraction of sp³-hybridized carbons (Fsp3) is 0.611. The molecule has 1 unspecified atom stereocenters. The van der Waals surface area contributed by atoms with Crippen LogP contribution in [0.3, 0.4) is 0 Å². The molecule has 3 nitrogen and oxygen atoms in total. The molecule has 1 fully saturated rings. The van der Waals surface area contributed by atoms with Crippen LogP contribution in [-0.4, -0.2) is 42.0 Å². The van der Waals surface area contributed by atoms with Gasteiger partial charge in [-0.2, -0.15) is 0 Å². The SMILES string of the molecule is CC1(c2ccccc2)CN=C(SCCCCN2CCCC2)N1.Cl.Cl. The number of halogens is 2. The molecule has 0 saturated carbocycles. The Balaban J connectivity index is 0.00000144. The quantitative estimate of drug-likeness (QED) is 0.734. The second kappa shape index (κ2) is 10.5. The van der Waals surface area contributed by atoms with Crippen molar-refractivity contribution in [1.82, 2.24) is 10.2 Å². The van der Waals surface area contributed by atoms with Crippen molar-refractivity contribution >= 4 is 41.7 Å². The summed E-state index contributed by atoms with van der Waals surface area (Å²) in [6.07, 6.45) is 5.39. The van der Waals surface area contributed by atoms with Gasteiger partial charge in [0.15, 0.2) is 5.17 Å². The van der Waals surface area contributed by atoms with Crippen molar-refractivity contribution in [3.8, 4) is 0 Å². The molecule has 0 radical (unpaired) electrons. The van der Waals surface area contributed by atoms with E-state index in [1.54, 1.807) is 0 Å². The third kappa shape index (κ3) is 5.83. The van der Waals surface area contributed by atoms with Crippen molar-refractivity contribution in [1.29, 1.82) is 0 Å². The lowest BCUT2D eigenvalue weighted by Crippen LogP contribution is -2.39. The van der Waals surface area contributed by atoms with Crippen LogP contribution in [0.1, 0.15) is 38.2 Å². The topological polar surface area (TPSA) is 27.6 Å². The number of aliphatic imine (C=N–C) groups is 1. The Labute approximate surface area is 162 Å². The first-order valence-corrected chi connectivity index (χ1v) is 9.48. The van der Waals surface area contributed by atoms with E-state index in [-0.39, 0.29) is 30.4 Å². The summed E-state index contributed by atoms with van der Waals surface area (Å²) in [5.74, 6) is 1.17. The molecule has 6 heteroatoms. The average molecular weight is 390 g/mol. The van der Waals surface area contributed by atoms with Crippen molar-refractivity contribution in [3.63, 3.8) is 0 Å². The second-order valence-electron chi connectivity index (χ2n) is 6.55. The van der Waals surface area contributed by atoms with Crippen LogP contribution in [-0.2, 0) is 5.54 Å². The highest BCUT2D eigenvalue weighted by molar-refractivity contribution is 8.13. The minimum atomic E-state index is -0.0286. The van der Waals surface area contributed by atoms with Gasteiger partial charge in [0.05, 0.1) is 12.1 Å². The molecule has 1 saturated heterocycles. The highest BCUT2D eigenvalue weighted by Gasteiger charge is 2.31. The summed E-state index contributed by atoms with van der Waals surface area (Å²) in [5, 5.41) is 4.74. The Kier molecular flexibility index (Phi) is 9.50. The Hall–Kier alpha value is -0.420. The molecule has 1 aromatic rings. The van der Waals surface area contributed by atoms with Gasteiger partial charge in [-0.25, -0.2) is 0 Å². The van der Waals surface area contributed by atoms with Crippen LogP contribution in [0.4, 0.5) is 0 Å². The lowest BCUT2D eigenvalue weighted by molar-refractivity contribution is 0.333. The molecule has 0 amide bonds. The minimum absolute atomic E-state index is 0. The van der Waals surface area contributed by atoms with E-state index in [2.05, 4.69) is 47.5 Å². The standard InChI is InChI=1S/C18H27N3S.2ClH/c1-18(16-9-3-2-4-10-16)15-19-17(20-18)22-14-8-7-13-21-11-5-6-12-21;;/h2-4,9-10H,5-8,11-15H2,1H3,(H,19,20);2*1H. The van der Waals surface area contributed by atoms with Crippen molar-refractivity contribution in [2.24, 2.45) is 4.99 Å². The van der Waals surface area contributed by atoms with E-state index < -0.39 is 0 Å². The molecule has 2 heterocycles. The number of thioether (sulfide) groups is 1. The molecule has 3 rings (SSSR count). The van der Waals surface area contributed by atoms with Gasteiger partial charge in [0.1, 0.15) is 0 Å². The highest BCUT2D eigenvalue weighted by atomic mass is 35.5. The average Bonchev–Trinajstić information content (AvgIpc) is 3.19. The maximum Gasteiger partial charge on any atom is 0.157 e. The minimum Gasteiger partial charge on any atom is -0.354 e. The summed E-state index contributed by atoms with van der Waals surface area (Å²) in [4.78, 5) is 7.30. The number of rotatable bonds is 6. The lowest BCUT2D eigenvalue weighted by atomic mass is 9.93. The number of unbranched alkanes of at least 4 members (excludes halogenated alkanes) is 1. The van der Waals surface area contributed by atoms with E-state index >= 15 is 0 Å². The fourth-order valence-corrected chi connectivity index (χ4v) is 4.20. The molecule has 1 atom stereocenters. The first-order valence-electron chi connectivity index (χ1n) is 8.50. The van der Waals surface area contributed by atoms with Gasteiger partial charge in [0.25, 0.3) is 0 Å². The fourth-order valence-electron chi connectivity index (χ4n) is 3.21. The van der Waals surface area contributed by atoms with Crippen molar-refractivity contribution in [3.05, 3.63) is 35.9 Å². The molecule has 0 bridgehead atoms. The van der Waals surface area contributed by atoms with Gasteiger partial charge < -0.3 is 10.2 Å². The van der Waals surface area contributed by atoms with Crippen LogP contribution in [0.15, 0.2) is 35.3 Å². The molecule has 136 valence electrons. The molecule has 0 spiro atoms. The predicted molar refractivity (Wildman–Crippen MR) is 111 cm³/mol. The molecule has 2 aliphatic heterocycles. The molecular formula is C18H29Cl2N3S. The maximum absolute atomic E-state index is 4.70. The number of nitrogens with one attached hydrogen (secondary N) is 1. The summed E-state index contributed by atoms with van der Waals surface area (Å²) in [5.41, 5.74) is 1.29. The predicted octanol–water partition coefficient (Wildman–Crippen LogP) is 4.31. The van der Waals surface area contributed by atoms with Crippen molar-refractivity contribution in [2.75, 3.05) is 31.9 Å². The Morgan fingerprint density at radius 2 is 1.83 bits per heavy atom. The van der Waals surface area contributed by atoms with E-state index in [0.29, 0.717) is 0 Å². The monoisotopic (exact) mass is 389 g/mol. The van der Waals surface area contributed by atoms with Crippen LogP contribution >= 0.6 is 36.6 Å². The van der Waals surface area contributed by atoms with E-state index in [1.165, 1.54) is 56.6 Å². The van der Waals surface area contributed by atoms with Crippen LogP contribution in [0.25, 0.3) is 0 Å². The first kappa shape index (κ1) is 21.6. The summed E-state index contributed by atoms with van der Waals surface area (Å²) in [7, 11) is 0. The molecule has 2 aliphatic rings. The van der Waals surface area contributed by atoms with E-state index in [9.17, 15) is 0 Å². The van der Waals surface area contributed by atoms with E-state index in [1.807, 2.05) is 11.8 Å². The lowest BCUT2D eigenvalue weighted by Gasteiger charge is -2.25. The zero-order valence-electron chi connectivity index (χ0n) is 14.4. The molecule has 0 aromatic heterocycles. The molecule has 1 aromatic carbocycles. The van der Waals surface area contributed by atoms with Crippen LogP contribution in [0.2, 0.25) is 0 Å². The third-order valence-electron chi connectivity index (χ3n) is 4.64. The Bertz CT molecular complexity index is 506. The van der Waals surface area contributed by atoms with Gasteiger partial charge in [0.2, 0.25) is 0 Å². The normalized spacial score (nSPS) is 23.1. The Morgan fingerprint density at radius 3 is 2.54 bits per heavy atom. The molecule has 0 aliphatic carbocycles. The van der Waals surface area contributed by atoms with Gasteiger partial charge in [-0.1, -0.05) is 42.1 Å². The largest absolute Gasteiger partial charge is 0.354 e.